The molecule has 0 aliphatic heterocycles. The summed E-state index contributed by atoms with van der Waals surface area (Å²) in [5.41, 5.74) is 24.9. The third-order valence-corrected chi connectivity index (χ3v) is 15.2. The highest BCUT2D eigenvalue weighted by molar-refractivity contribution is 6.10. The zero-order valence-electron chi connectivity index (χ0n) is 36.8. The molecular formula is C64H44N2. The lowest BCUT2D eigenvalue weighted by Crippen LogP contribution is -2.25. The summed E-state index contributed by atoms with van der Waals surface area (Å²) in [5.74, 6) is 0. The molecule has 11 aromatic rings. The predicted molar refractivity (Wildman–Crippen MR) is 275 cm³/mol. The van der Waals surface area contributed by atoms with Crippen molar-refractivity contribution in [1.82, 2.24) is 4.57 Å². The summed E-state index contributed by atoms with van der Waals surface area (Å²) in [7, 11) is 0. The summed E-state index contributed by atoms with van der Waals surface area (Å²) in [5, 5.41) is 2.49. The van der Waals surface area contributed by atoms with E-state index in [9.17, 15) is 0 Å². The van der Waals surface area contributed by atoms with Crippen molar-refractivity contribution in [3.8, 4) is 50.2 Å². The van der Waals surface area contributed by atoms with Crippen LogP contribution in [0.4, 0.5) is 17.1 Å². The smallest absolute Gasteiger partial charge is 0.0725 e. The Morgan fingerprint density at radius 1 is 0.318 bits per heavy atom. The average molecular weight is 841 g/mol. The van der Waals surface area contributed by atoms with Crippen LogP contribution < -0.4 is 4.90 Å². The minimum absolute atomic E-state index is 0.133. The second-order valence-corrected chi connectivity index (χ2v) is 18.8. The fourth-order valence-corrected chi connectivity index (χ4v) is 12.3. The molecule has 0 unspecified atom stereocenters. The van der Waals surface area contributed by atoms with Gasteiger partial charge >= 0.3 is 0 Å². The minimum atomic E-state index is -0.381. The van der Waals surface area contributed by atoms with Gasteiger partial charge in [-0.25, -0.2) is 0 Å². The third kappa shape index (κ3) is 4.96. The normalized spacial score (nSPS) is 14.2. The quantitative estimate of drug-likeness (QED) is 0.168. The predicted octanol–water partition coefficient (Wildman–Crippen LogP) is 16.6. The second kappa shape index (κ2) is 13.7. The molecule has 310 valence electrons. The Balaban J connectivity index is 0.940. The number of fused-ring (bicyclic) bond motifs is 16. The van der Waals surface area contributed by atoms with Gasteiger partial charge < -0.3 is 9.47 Å². The standard InChI is InChI=1S/C64H44N2/c1-63(2)55-23-11-6-18-47(55)51-36-33-45(39-59(51)63)65(46-34-37-54-53-22-10-15-27-61(53)66(62(54)40-46)43-16-4-3-5-17-43)44-31-28-41(29-32-44)42-30-35-52-50-21-9-14-26-58(50)64(60(52)38-42)56-24-12-7-19-48(56)49-20-8-13-25-57(49)64/h3-40H,1-2H3. The summed E-state index contributed by atoms with van der Waals surface area (Å²) >= 11 is 0. The Morgan fingerprint density at radius 2 is 0.788 bits per heavy atom. The lowest BCUT2D eigenvalue weighted by atomic mass is 9.70. The van der Waals surface area contributed by atoms with Crippen molar-refractivity contribution in [3.63, 3.8) is 0 Å². The summed E-state index contributed by atoms with van der Waals surface area (Å²) < 4.78 is 2.41. The number of nitrogens with zero attached hydrogens (tertiary/aromatic N) is 2. The van der Waals surface area contributed by atoms with Gasteiger partial charge in [0.25, 0.3) is 0 Å². The average Bonchev–Trinajstić information content (AvgIpc) is 4.04. The van der Waals surface area contributed by atoms with E-state index in [1.807, 2.05) is 0 Å². The molecule has 10 aromatic carbocycles. The molecule has 1 spiro atoms. The van der Waals surface area contributed by atoms with E-state index in [2.05, 4.69) is 254 Å². The van der Waals surface area contributed by atoms with Crippen LogP contribution in [0, 0.1) is 0 Å². The highest BCUT2D eigenvalue weighted by atomic mass is 15.1. The van der Waals surface area contributed by atoms with Gasteiger partial charge in [0.1, 0.15) is 0 Å². The summed E-state index contributed by atoms with van der Waals surface area (Å²) in [6.45, 7) is 4.74. The maximum Gasteiger partial charge on any atom is 0.0725 e. The Bertz CT molecular complexity index is 3730. The van der Waals surface area contributed by atoms with Crippen LogP contribution in [0.25, 0.3) is 72.0 Å². The molecule has 0 radical (unpaired) electrons. The number of para-hydroxylation sites is 2. The first-order chi connectivity index (χ1) is 32.5. The van der Waals surface area contributed by atoms with Gasteiger partial charge in [0.05, 0.1) is 16.4 Å². The second-order valence-electron chi connectivity index (χ2n) is 18.8. The van der Waals surface area contributed by atoms with Gasteiger partial charge in [0.2, 0.25) is 0 Å². The van der Waals surface area contributed by atoms with Gasteiger partial charge in [0.15, 0.2) is 0 Å². The molecule has 14 rings (SSSR count). The Kier molecular flexibility index (Phi) is 7.70. The highest BCUT2D eigenvalue weighted by Gasteiger charge is 2.51. The Morgan fingerprint density at radius 3 is 1.47 bits per heavy atom. The molecule has 3 aliphatic carbocycles. The van der Waals surface area contributed by atoms with E-state index in [0.717, 1.165) is 22.7 Å². The molecule has 2 heteroatoms. The van der Waals surface area contributed by atoms with E-state index in [4.69, 9.17) is 0 Å². The van der Waals surface area contributed by atoms with Gasteiger partial charge in [-0.05, 0) is 139 Å². The lowest BCUT2D eigenvalue weighted by Gasteiger charge is -2.30. The fourth-order valence-electron chi connectivity index (χ4n) is 12.3. The lowest BCUT2D eigenvalue weighted by molar-refractivity contribution is 0.660. The van der Waals surface area contributed by atoms with Crippen LogP contribution in [0.3, 0.4) is 0 Å². The van der Waals surface area contributed by atoms with Crippen LogP contribution in [0.5, 0.6) is 0 Å². The SMILES string of the molecule is CC1(C)c2ccccc2-c2ccc(N(c3ccc(-c4ccc5c(c4)C4(c6ccccc6-c6ccccc64)c4ccccc4-5)cc3)c3ccc4c5ccccc5n(-c5ccccc5)c4c3)cc21. The number of hydrogen-bond acceptors (Lipinski definition) is 1. The number of hydrogen-bond donors (Lipinski definition) is 0. The fraction of sp³-hybridized carbons (Fsp3) is 0.0625. The molecule has 1 aromatic heterocycles. The van der Waals surface area contributed by atoms with Gasteiger partial charge in [-0.15, -0.1) is 0 Å². The van der Waals surface area contributed by atoms with Crippen molar-refractivity contribution in [2.45, 2.75) is 24.7 Å². The molecule has 0 bridgehead atoms. The summed E-state index contributed by atoms with van der Waals surface area (Å²) in [6, 6.07) is 86.2. The maximum atomic E-state index is 2.48. The van der Waals surface area contributed by atoms with Gasteiger partial charge in [-0.1, -0.05) is 184 Å². The third-order valence-electron chi connectivity index (χ3n) is 15.2. The number of rotatable bonds is 5. The van der Waals surface area contributed by atoms with E-state index < -0.39 is 0 Å². The van der Waals surface area contributed by atoms with E-state index in [-0.39, 0.29) is 10.8 Å². The Hall–Kier alpha value is -8.20. The van der Waals surface area contributed by atoms with Crippen molar-refractivity contribution in [2.24, 2.45) is 0 Å². The Labute approximate surface area is 385 Å². The molecule has 0 saturated heterocycles. The minimum Gasteiger partial charge on any atom is -0.310 e. The highest BCUT2D eigenvalue weighted by Crippen LogP contribution is 2.63. The summed E-state index contributed by atoms with van der Waals surface area (Å²) in [4.78, 5) is 2.45. The topological polar surface area (TPSA) is 8.17 Å². The molecule has 2 nitrogen and oxygen atoms in total. The van der Waals surface area contributed by atoms with Gasteiger partial charge in [-0.2, -0.15) is 0 Å². The van der Waals surface area contributed by atoms with Crippen molar-refractivity contribution < 1.29 is 0 Å². The monoisotopic (exact) mass is 840 g/mol. The van der Waals surface area contributed by atoms with Crippen LogP contribution in [-0.2, 0) is 10.8 Å². The first-order valence-electron chi connectivity index (χ1n) is 23.2. The van der Waals surface area contributed by atoms with Crippen molar-refractivity contribution in [2.75, 3.05) is 4.90 Å². The molecule has 0 atom stereocenters. The van der Waals surface area contributed by atoms with Crippen LogP contribution in [0.1, 0.15) is 47.2 Å². The van der Waals surface area contributed by atoms with Gasteiger partial charge in [-0.3, -0.25) is 0 Å². The van der Waals surface area contributed by atoms with Crippen molar-refractivity contribution in [1.29, 1.82) is 0 Å². The van der Waals surface area contributed by atoms with Crippen LogP contribution in [0.15, 0.2) is 231 Å². The van der Waals surface area contributed by atoms with Crippen LogP contribution >= 0.6 is 0 Å². The molecule has 1 heterocycles. The molecule has 3 aliphatic rings. The molecule has 0 N–H and O–H groups in total. The number of benzene rings is 10. The van der Waals surface area contributed by atoms with E-state index >= 15 is 0 Å². The summed E-state index contributed by atoms with van der Waals surface area (Å²) in [6.07, 6.45) is 0. The molecular weight excluding hydrogens is 797 g/mol. The largest absolute Gasteiger partial charge is 0.310 e. The number of aromatic nitrogens is 1. The van der Waals surface area contributed by atoms with Crippen LogP contribution in [-0.4, -0.2) is 4.57 Å². The zero-order chi connectivity index (χ0) is 43.7. The first-order valence-corrected chi connectivity index (χ1v) is 23.2. The van der Waals surface area contributed by atoms with Gasteiger partial charge in [0, 0.05) is 38.9 Å². The van der Waals surface area contributed by atoms with Crippen molar-refractivity contribution >= 4 is 38.9 Å². The molecule has 0 fully saturated rings. The molecule has 0 amide bonds. The van der Waals surface area contributed by atoms with E-state index in [1.54, 1.807) is 0 Å². The zero-order valence-corrected chi connectivity index (χ0v) is 36.8. The first kappa shape index (κ1) is 37.2. The maximum absolute atomic E-state index is 2.48. The van der Waals surface area contributed by atoms with E-state index in [0.29, 0.717) is 0 Å². The van der Waals surface area contributed by atoms with Crippen molar-refractivity contribution in [3.05, 3.63) is 264 Å². The molecule has 0 saturated carbocycles. The number of anilines is 3. The van der Waals surface area contributed by atoms with Crippen LogP contribution in [0.2, 0.25) is 0 Å². The molecule has 66 heavy (non-hydrogen) atoms. The van der Waals surface area contributed by atoms with E-state index in [1.165, 1.54) is 99.7 Å².